The maximum atomic E-state index is 9.77. The maximum absolute atomic E-state index is 9.77. The average Bonchev–Trinajstić information content (AvgIpc) is 2.73. The first-order chi connectivity index (χ1) is 14.7. The molecule has 0 aromatic heterocycles. The van der Waals surface area contributed by atoms with Gasteiger partial charge in [0.2, 0.25) is 0 Å². The van der Waals surface area contributed by atoms with Gasteiger partial charge in [-0.15, -0.1) is 0 Å². The maximum Gasteiger partial charge on any atom is 0.120 e. The first kappa shape index (κ1) is 24.2. The second kappa shape index (κ2) is 10.9. The van der Waals surface area contributed by atoms with Crippen molar-refractivity contribution < 1.29 is 10.2 Å². The topological polar surface area (TPSA) is 50.2 Å². The smallest absolute Gasteiger partial charge is 0.120 e. The largest absolute Gasteiger partial charge is 0.396 e. The molecule has 0 radical (unpaired) electrons. The fraction of sp³-hybridized carbons (Fsp3) is 0.692. The molecule has 1 aromatic rings. The molecule has 172 valence electrons. The number of likely N-dealkylation sites (tertiary alicyclic amines) is 1. The summed E-state index contributed by atoms with van der Waals surface area (Å²) >= 11 is 0. The lowest BCUT2D eigenvalue weighted by Crippen LogP contribution is -2.58. The summed E-state index contributed by atoms with van der Waals surface area (Å²) in [6.45, 7) is 14.7. The van der Waals surface area contributed by atoms with Gasteiger partial charge in [-0.3, -0.25) is 9.80 Å². The van der Waals surface area contributed by atoms with E-state index in [9.17, 15) is 10.2 Å². The number of hydrogen-bond acceptors (Lipinski definition) is 5. The van der Waals surface area contributed by atoms with Crippen molar-refractivity contribution in [3.8, 4) is 11.8 Å². The van der Waals surface area contributed by atoms with Gasteiger partial charge in [0.15, 0.2) is 0 Å². The summed E-state index contributed by atoms with van der Waals surface area (Å²) < 4.78 is 0. The molecule has 2 heterocycles. The molecule has 1 aromatic carbocycles. The van der Waals surface area contributed by atoms with Gasteiger partial charge in [0.05, 0.1) is 0 Å². The quantitative estimate of drug-likeness (QED) is 0.684. The van der Waals surface area contributed by atoms with E-state index in [2.05, 4.69) is 52.5 Å². The van der Waals surface area contributed by atoms with Crippen LogP contribution in [0.2, 0.25) is 0 Å². The van der Waals surface area contributed by atoms with Crippen molar-refractivity contribution in [2.45, 2.75) is 77.2 Å². The van der Waals surface area contributed by atoms with E-state index in [0.717, 1.165) is 38.2 Å². The normalized spacial score (nSPS) is 22.5. The van der Waals surface area contributed by atoms with Crippen molar-refractivity contribution in [3.63, 3.8) is 0 Å². The number of aliphatic hydroxyl groups excluding tert-OH is 1. The molecular formula is C26H41N3O2. The Labute approximate surface area is 189 Å². The van der Waals surface area contributed by atoms with Crippen molar-refractivity contribution in [2.24, 2.45) is 0 Å². The first-order valence-corrected chi connectivity index (χ1v) is 11.9. The number of piperidine rings is 1. The van der Waals surface area contributed by atoms with Crippen LogP contribution in [0.4, 0.5) is 0 Å². The van der Waals surface area contributed by atoms with E-state index in [1.165, 1.54) is 31.5 Å². The fourth-order valence-electron chi connectivity index (χ4n) is 4.87. The molecule has 2 fully saturated rings. The standard InChI is InChI=1S/C26H41N3O2/c1-21(2)28-14-10-24(11-15-28)29-17-16-27(20-25(29)12-18-30)19-23-7-5-22(6-8-23)9-13-26(3,4)31/h5-8,21,24-25,30-31H,10-12,14-20H2,1-4H3/t25-/m1/s1. The van der Waals surface area contributed by atoms with E-state index in [1.807, 2.05) is 12.1 Å². The zero-order valence-electron chi connectivity index (χ0n) is 19.8. The highest BCUT2D eigenvalue weighted by Gasteiger charge is 2.33. The van der Waals surface area contributed by atoms with Crippen LogP contribution in [0.15, 0.2) is 24.3 Å². The highest BCUT2D eigenvalue weighted by atomic mass is 16.3. The Balaban J connectivity index is 1.56. The van der Waals surface area contributed by atoms with Crippen LogP contribution in [0.25, 0.3) is 0 Å². The van der Waals surface area contributed by atoms with Gasteiger partial charge in [-0.05, 0) is 77.7 Å². The molecule has 0 unspecified atom stereocenters. The Bertz CT molecular complexity index is 737. The van der Waals surface area contributed by atoms with Crippen molar-refractivity contribution in [1.82, 2.24) is 14.7 Å². The lowest BCUT2D eigenvalue weighted by atomic mass is 9.97. The van der Waals surface area contributed by atoms with Crippen LogP contribution < -0.4 is 0 Å². The van der Waals surface area contributed by atoms with Crippen molar-refractivity contribution in [1.29, 1.82) is 0 Å². The first-order valence-electron chi connectivity index (χ1n) is 11.9. The zero-order valence-corrected chi connectivity index (χ0v) is 19.8. The SMILES string of the molecule is CC(C)N1CCC(N2CCN(Cc3ccc(C#CC(C)(C)O)cc3)C[C@H]2CCO)CC1. The van der Waals surface area contributed by atoms with Gasteiger partial charge in [-0.2, -0.15) is 0 Å². The second-order valence-electron chi connectivity index (χ2n) is 10.0. The van der Waals surface area contributed by atoms with Gasteiger partial charge in [-0.25, -0.2) is 0 Å². The Hall–Kier alpha value is -1.42. The van der Waals surface area contributed by atoms with Gasteiger partial charge in [0.1, 0.15) is 5.60 Å². The van der Waals surface area contributed by atoms with E-state index in [-0.39, 0.29) is 6.61 Å². The molecule has 0 amide bonds. The highest BCUT2D eigenvalue weighted by Crippen LogP contribution is 2.25. The predicted molar refractivity (Wildman–Crippen MR) is 127 cm³/mol. The lowest BCUT2D eigenvalue weighted by molar-refractivity contribution is -0.0000297. The number of hydrogen-bond donors (Lipinski definition) is 2. The minimum absolute atomic E-state index is 0.258. The molecule has 2 N–H and O–H groups in total. The summed E-state index contributed by atoms with van der Waals surface area (Å²) in [7, 11) is 0. The molecule has 5 heteroatoms. The third-order valence-electron chi connectivity index (χ3n) is 6.65. The molecule has 3 rings (SSSR count). The Kier molecular flexibility index (Phi) is 8.55. The van der Waals surface area contributed by atoms with Gasteiger partial charge < -0.3 is 15.1 Å². The van der Waals surface area contributed by atoms with Crippen LogP contribution in [0, 0.1) is 11.8 Å². The van der Waals surface area contributed by atoms with Crippen LogP contribution in [0.1, 0.15) is 58.1 Å². The minimum atomic E-state index is -0.967. The summed E-state index contributed by atoms with van der Waals surface area (Å²) in [6, 6.07) is 10.1. The molecule has 2 aliphatic rings. The van der Waals surface area contributed by atoms with E-state index < -0.39 is 5.60 Å². The van der Waals surface area contributed by atoms with Crippen molar-refractivity contribution in [2.75, 3.05) is 39.3 Å². The molecule has 0 aliphatic carbocycles. The number of aliphatic hydroxyl groups is 2. The van der Waals surface area contributed by atoms with E-state index in [1.54, 1.807) is 13.8 Å². The summed E-state index contributed by atoms with van der Waals surface area (Å²) in [5.74, 6) is 5.91. The predicted octanol–water partition coefficient (Wildman–Crippen LogP) is 2.55. The summed E-state index contributed by atoms with van der Waals surface area (Å²) in [4.78, 5) is 7.81. The number of rotatable bonds is 6. The molecule has 1 atom stereocenters. The Morgan fingerprint density at radius 2 is 1.74 bits per heavy atom. The van der Waals surface area contributed by atoms with Gasteiger partial charge in [0, 0.05) is 56.5 Å². The Morgan fingerprint density at radius 1 is 1.06 bits per heavy atom. The molecule has 0 saturated carbocycles. The summed E-state index contributed by atoms with van der Waals surface area (Å²) in [6.07, 6.45) is 3.34. The monoisotopic (exact) mass is 427 g/mol. The zero-order chi connectivity index (χ0) is 22.4. The highest BCUT2D eigenvalue weighted by molar-refractivity contribution is 5.37. The molecule has 31 heavy (non-hydrogen) atoms. The second-order valence-corrected chi connectivity index (χ2v) is 10.0. The summed E-state index contributed by atoms with van der Waals surface area (Å²) in [5, 5.41) is 19.4. The van der Waals surface area contributed by atoms with Gasteiger partial charge >= 0.3 is 0 Å². The lowest BCUT2D eigenvalue weighted by Gasteiger charge is -2.48. The molecular weight excluding hydrogens is 386 g/mol. The van der Waals surface area contributed by atoms with Gasteiger partial charge in [-0.1, -0.05) is 24.0 Å². The van der Waals surface area contributed by atoms with Crippen molar-refractivity contribution >= 4 is 0 Å². The third kappa shape index (κ3) is 7.30. The van der Waals surface area contributed by atoms with Gasteiger partial charge in [0.25, 0.3) is 0 Å². The van der Waals surface area contributed by atoms with Crippen LogP contribution in [0.3, 0.4) is 0 Å². The van der Waals surface area contributed by atoms with E-state index >= 15 is 0 Å². The van der Waals surface area contributed by atoms with E-state index in [4.69, 9.17) is 0 Å². The number of benzene rings is 1. The van der Waals surface area contributed by atoms with E-state index in [0.29, 0.717) is 18.1 Å². The molecule has 0 spiro atoms. The molecule has 0 bridgehead atoms. The molecule has 5 nitrogen and oxygen atoms in total. The minimum Gasteiger partial charge on any atom is -0.396 e. The Morgan fingerprint density at radius 3 is 2.32 bits per heavy atom. The van der Waals surface area contributed by atoms with Crippen LogP contribution in [-0.4, -0.2) is 88.0 Å². The number of nitrogens with zero attached hydrogens (tertiary/aromatic N) is 3. The van der Waals surface area contributed by atoms with Crippen molar-refractivity contribution in [3.05, 3.63) is 35.4 Å². The van der Waals surface area contributed by atoms with Crippen LogP contribution in [0.5, 0.6) is 0 Å². The number of piperazine rings is 1. The van der Waals surface area contributed by atoms with Crippen LogP contribution in [-0.2, 0) is 6.54 Å². The average molecular weight is 428 g/mol. The third-order valence-corrected chi connectivity index (χ3v) is 6.65. The van der Waals surface area contributed by atoms with Crippen LogP contribution >= 0.6 is 0 Å². The molecule has 2 aliphatic heterocycles. The molecule has 2 saturated heterocycles. The summed E-state index contributed by atoms with van der Waals surface area (Å²) in [5.41, 5.74) is 1.25. The fourth-order valence-corrected chi connectivity index (χ4v) is 4.87.